The zero-order valence-electron chi connectivity index (χ0n) is 19.9. The summed E-state index contributed by atoms with van der Waals surface area (Å²) in [6.45, 7) is 4.11. The van der Waals surface area contributed by atoms with Crippen LogP contribution in [0.15, 0.2) is 48.5 Å². The highest BCUT2D eigenvalue weighted by atomic mass is 16.5. The second-order valence-electron chi connectivity index (χ2n) is 8.76. The number of carbonyl (C=O) groups is 3. The molecule has 1 aliphatic rings. The van der Waals surface area contributed by atoms with Crippen LogP contribution in [0.2, 0.25) is 0 Å². The van der Waals surface area contributed by atoms with E-state index in [4.69, 9.17) is 9.84 Å². The second-order valence-corrected chi connectivity index (χ2v) is 8.76. The number of aliphatic carboxylic acids is 1. The lowest BCUT2D eigenvalue weighted by Crippen LogP contribution is -2.50. The number of unbranched alkanes of at least 4 members (excludes halogenated alkanes) is 1. The van der Waals surface area contributed by atoms with Crippen molar-refractivity contribution in [1.82, 2.24) is 10.6 Å². The summed E-state index contributed by atoms with van der Waals surface area (Å²) >= 11 is 0. The molecule has 0 spiro atoms. The zero-order valence-corrected chi connectivity index (χ0v) is 19.9. The van der Waals surface area contributed by atoms with Crippen LogP contribution >= 0.6 is 0 Å². The first-order chi connectivity index (χ1) is 16.4. The van der Waals surface area contributed by atoms with Crippen LogP contribution in [0.4, 0.5) is 4.79 Å². The third-order valence-electron chi connectivity index (χ3n) is 6.20. The van der Waals surface area contributed by atoms with Crippen molar-refractivity contribution in [3.63, 3.8) is 0 Å². The highest BCUT2D eigenvalue weighted by Crippen LogP contribution is 2.44. The smallest absolute Gasteiger partial charge is 0.407 e. The van der Waals surface area contributed by atoms with Gasteiger partial charge in [-0.1, -0.05) is 81.6 Å². The molecule has 0 aliphatic heterocycles. The summed E-state index contributed by atoms with van der Waals surface area (Å²) in [5.41, 5.74) is 4.53. The number of hydrogen-bond acceptors (Lipinski definition) is 4. The molecule has 0 bridgehead atoms. The fourth-order valence-electron chi connectivity index (χ4n) is 4.55. The molecule has 34 heavy (non-hydrogen) atoms. The molecule has 2 atom stereocenters. The maximum absolute atomic E-state index is 12.9. The number of carboxylic acid groups (broad SMARTS) is 1. The van der Waals surface area contributed by atoms with E-state index in [1.165, 1.54) is 0 Å². The molecule has 0 unspecified atom stereocenters. The predicted octanol–water partition coefficient (Wildman–Crippen LogP) is 4.84. The number of rotatable bonds is 12. The van der Waals surface area contributed by atoms with Crippen molar-refractivity contribution in [2.75, 3.05) is 6.61 Å². The van der Waals surface area contributed by atoms with Gasteiger partial charge in [0.05, 0.1) is 6.42 Å². The molecule has 1 aliphatic carbocycles. The predicted molar refractivity (Wildman–Crippen MR) is 131 cm³/mol. The first kappa shape index (κ1) is 25.3. The molecule has 7 heteroatoms. The lowest BCUT2D eigenvalue weighted by atomic mass is 9.98. The van der Waals surface area contributed by atoms with Gasteiger partial charge in [0.25, 0.3) is 0 Å². The van der Waals surface area contributed by atoms with Gasteiger partial charge in [-0.3, -0.25) is 9.59 Å². The van der Waals surface area contributed by atoms with Crippen molar-refractivity contribution in [2.45, 2.75) is 70.4 Å². The molecule has 182 valence electrons. The number of hydrogen-bond donors (Lipinski definition) is 3. The summed E-state index contributed by atoms with van der Waals surface area (Å²) in [6.07, 6.45) is 2.58. The second kappa shape index (κ2) is 12.2. The Labute approximate surface area is 200 Å². The Bertz CT molecular complexity index is 961. The average Bonchev–Trinajstić information content (AvgIpc) is 3.14. The van der Waals surface area contributed by atoms with Gasteiger partial charge in [-0.2, -0.15) is 0 Å². The monoisotopic (exact) mass is 466 g/mol. The Hall–Kier alpha value is -3.35. The van der Waals surface area contributed by atoms with Crippen molar-refractivity contribution in [3.8, 4) is 11.1 Å². The molecule has 2 aromatic rings. The van der Waals surface area contributed by atoms with Crippen LogP contribution in [0.5, 0.6) is 0 Å². The van der Waals surface area contributed by atoms with Crippen molar-refractivity contribution >= 4 is 18.0 Å². The number of carboxylic acids is 1. The van der Waals surface area contributed by atoms with E-state index in [2.05, 4.69) is 34.9 Å². The summed E-state index contributed by atoms with van der Waals surface area (Å²) in [6, 6.07) is 15.0. The average molecular weight is 467 g/mol. The van der Waals surface area contributed by atoms with Crippen LogP contribution in [-0.2, 0) is 14.3 Å². The van der Waals surface area contributed by atoms with E-state index in [0.29, 0.717) is 12.8 Å². The van der Waals surface area contributed by atoms with Gasteiger partial charge in [0, 0.05) is 12.0 Å². The molecule has 3 N–H and O–H groups in total. The first-order valence-electron chi connectivity index (χ1n) is 12.1. The van der Waals surface area contributed by atoms with E-state index in [-0.39, 0.29) is 24.9 Å². The van der Waals surface area contributed by atoms with Crippen LogP contribution < -0.4 is 10.6 Å². The number of carbonyl (C=O) groups excluding carboxylic acids is 2. The fourth-order valence-corrected chi connectivity index (χ4v) is 4.55. The minimum Gasteiger partial charge on any atom is -0.481 e. The van der Waals surface area contributed by atoms with Crippen LogP contribution in [0.25, 0.3) is 11.1 Å². The van der Waals surface area contributed by atoms with Gasteiger partial charge < -0.3 is 20.5 Å². The minimum absolute atomic E-state index is 0.0643. The Balaban J connectivity index is 1.64. The van der Waals surface area contributed by atoms with Gasteiger partial charge in [0.2, 0.25) is 5.91 Å². The number of nitrogens with one attached hydrogen (secondary N) is 2. The third-order valence-corrected chi connectivity index (χ3v) is 6.20. The summed E-state index contributed by atoms with van der Waals surface area (Å²) in [4.78, 5) is 36.7. The SMILES string of the molecule is CCCC[C@H](NC(=O)OCC1c2ccccc2-c2ccccc21)C(=O)N[C@H](CCC)CC(=O)O. The van der Waals surface area contributed by atoms with Crippen LogP contribution in [0, 0.1) is 0 Å². The molecular formula is C27H34N2O5. The van der Waals surface area contributed by atoms with Crippen molar-refractivity contribution in [1.29, 1.82) is 0 Å². The summed E-state index contributed by atoms with van der Waals surface area (Å²) < 4.78 is 5.59. The quantitative estimate of drug-likeness (QED) is 0.415. The summed E-state index contributed by atoms with van der Waals surface area (Å²) in [5, 5.41) is 14.6. The maximum atomic E-state index is 12.9. The van der Waals surface area contributed by atoms with Crippen LogP contribution in [-0.4, -0.2) is 41.8 Å². The summed E-state index contributed by atoms with van der Waals surface area (Å²) in [5.74, 6) is -1.40. The summed E-state index contributed by atoms with van der Waals surface area (Å²) in [7, 11) is 0. The van der Waals surface area contributed by atoms with Gasteiger partial charge in [-0.15, -0.1) is 0 Å². The van der Waals surface area contributed by atoms with E-state index in [9.17, 15) is 14.4 Å². The van der Waals surface area contributed by atoms with Crippen molar-refractivity contribution in [2.24, 2.45) is 0 Å². The normalized spacial score (nSPS) is 13.9. The molecule has 0 heterocycles. The number of alkyl carbamates (subject to hydrolysis) is 1. The van der Waals surface area contributed by atoms with E-state index in [1.807, 2.05) is 38.1 Å². The first-order valence-corrected chi connectivity index (χ1v) is 12.1. The Morgan fingerprint density at radius 2 is 1.53 bits per heavy atom. The largest absolute Gasteiger partial charge is 0.481 e. The highest BCUT2D eigenvalue weighted by molar-refractivity contribution is 5.86. The van der Waals surface area contributed by atoms with Gasteiger partial charge in [0.15, 0.2) is 0 Å². The Kier molecular flexibility index (Phi) is 9.08. The number of benzene rings is 2. The topological polar surface area (TPSA) is 105 Å². The fraction of sp³-hybridized carbons (Fsp3) is 0.444. The van der Waals surface area contributed by atoms with Crippen LogP contribution in [0.1, 0.15) is 69.4 Å². The Morgan fingerprint density at radius 1 is 0.912 bits per heavy atom. The molecule has 0 fully saturated rings. The molecule has 0 saturated heterocycles. The molecule has 2 aromatic carbocycles. The highest BCUT2D eigenvalue weighted by Gasteiger charge is 2.30. The lowest BCUT2D eigenvalue weighted by molar-refractivity contribution is -0.137. The lowest BCUT2D eigenvalue weighted by Gasteiger charge is -2.23. The van der Waals surface area contributed by atoms with Crippen LogP contribution in [0.3, 0.4) is 0 Å². The van der Waals surface area contributed by atoms with E-state index < -0.39 is 24.1 Å². The Morgan fingerprint density at radius 3 is 2.09 bits per heavy atom. The zero-order chi connectivity index (χ0) is 24.5. The van der Waals surface area contributed by atoms with Crippen molar-refractivity contribution in [3.05, 3.63) is 59.7 Å². The standard InChI is InChI=1S/C27H34N2O5/c1-3-5-15-24(26(32)28-18(10-4-2)16-25(30)31)29-27(33)34-17-23-21-13-8-6-11-19(21)20-12-7-9-14-22(20)23/h6-9,11-14,18,23-24H,3-5,10,15-17H2,1-2H3,(H,28,32)(H,29,33)(H,30,31)/t18-,24+/m1/s1. The van der Waals surface area contributed by atoms with E-state index >= 15 is 0 Å². The van der Waals surface area contributed by atoms with E-state index in [1.54, 1.807) is 0 Å². The minimum atomic E-state index is -0.964. The number of amides is 2. The van der Waals surface area contributed by atoms with Gasteiger partial charge in [-0.05, 0) is 35.1 Å². The van der Waals surface area contributed by atoms with Gasteiger partial charge >= 0.3 is 12.1 Å². The molecule has 3 rings (SSSR count). The third kappa shape index (κ3) is 6.37. The van der Waals surface area contributed by atoms with Gasteiger partial charge in [0.1, 0.15) is 12.6 Å². The maximum Gasteiger partial charge on any atom is 0.407 e. The molecule has 0 radical (unpaired) electrons. The molecule has 0 aromatic heterocycles. The molecule has 0 saturated carbocycles. The molecular weight excluding hydrogens is 432 g/mol. The van der Waals surface area contributed by atoms with Crippen molar-refractivity contribution < 1.29 is 24.2 Å². The van der Waals surface area contributed by atoms with Gasteiger partial charge in [-0.25, -0.2) is 4.79 Å². The molecule has 7 nitrogen and oxygen atoms in total. The number of ether oxygens (including phenoxy) is 1. The van der Waals surface area contributed by atoms with E-state index in [0.717, 1.165) is 41.5 Å². The molecule has 2 amide bonds. The number of fused-ring (bicyclic) bond motifs is 3.